The molecule has 1 aromatic heterocycles. The van der Waals surface area contributed by atoms with Crippen molar-refractivity contribution in [1.82, 2.24) is 4.98 Å². The van der Waals surface area contributed by atoms with E-state index in [0.29, 0.717) is 31.9 Å². The monoisotopic (exact) mass is 267 g/mol. The summed E-state index contributed by atoms with van der Waals surface area (Å²) in [5.74, 6) is 0.725. The van der Waals surface area contributed by atoms with Gasteiger partial charge in [-0.05, 0) is 18.6 Å². The molecule has 1 amide bonds. The van der Waals surface area contributed by atoms with E-state index >= 15 is 0 Å². The van der Waals surface area contributed by atoms with Crippen molar-refractivity contribution in [2.75, 3.05) is 37.0 Å². The molecule has 0 unspecified atom stereocenters. The second-order valence-corrected chi connectivity index (χ2v) is 3.99. The lowest BCUT2D eigenvalue weighted by Gasteiger charge is -2.07. The van der Waals surface area contributed by atoms with Crippen LogP contribution in [0.5, 0.6) is 0 Å². The Bertz CT molecular complexity index is 368. The van der Waals surface area contributed by atoms with Gasteiger partial charge in [-0.15, -0.1) is 0 Å². The van der Waals surface area contributed by atoms with Crippen molar-refractivity contribution in [3.05, 3.63) is 18.3 Å². The number of aliphatic hydroxyl groups excluding tert-OH is 1. The highest BCUT2D eigenvalue weighted by atomic mass is 16.5. The molecule has 1 aromatic rings. The number of carbonyl (C=O) groups excluding carboxylic acids is 1. The summed E-state index contributed by atoms with van der Waals surface area (Å²) in [5.41, 5.74) is 0.695. The molecular formula is C13H21N3O3. The van der Waals surface area contributed by atoms with Crippen LogP contribution in [0.2, 0.25) is 0 Å². The van der Waals surface area contributed by atoms with Crippen LogP contribution in [0.4, 0.5) is 11.5 Å². The average molecular weight is 267 g/mol. The van der Waals surface area contributed by atoms with E-state index in [4.69, 9.17) is 9.84 Å². The summed E-state index contributed by atoms with van der Waals surface area (Å²) < 4.78 is 5.11. The van der Waals surface area contributed by atoms with Gasteiger partial charge in [-0.1, -0.05) is 6.92 Å². The van der Waals surface area contributed by atoms with Crippen LogP contribution in [0, 0.1) is 0 Å². The predicted molar refractivity (Wildman–Crippen MR) is 74.2 cm³/mol. The molecule has 6 heteroatoms. The number of carbonyl (C=O) groups is 1. The zero-order valence-electron chi connectivity index (χ0n) is 11.2. The molecule has 0 aliphatic rings. The average Bonchev–Trinajstić information content (AvgIpc) is 2.41. The van der Waals surface area contributed by atoms with Crippen molar-refractivity contribution >= 4 is 17.4 Å². The van der Waals surface area contributed by atoms with E-state index in [-0.39, 0.29) is 12.5 Å². The van der Waals surface area contributed by atoms with Crippen LogP contribution in [0.15, 0.2) is 18.3 Å². The molecule has 0 saturated heterocycles. The summed E-state index contributed by atoms with van der Waals surface area (Å²) in [4.78, 5) is 15.6. The van der Waals surface area contributed by atoms with Gasteiger partial charge in [0.15, 0.2) is 0 Å². The maximum Gasteiger partial charge on any atom is 0.224 e. The van der Waals surface area contributed by atoms with E-state index in [1.165, 1.54) is 0 Å². The molecule has 0 aliphatic carbocycles. The van der Waals surface area contributed by atoms with Crippen molar-refractivity contribution in [1.29, 1.82) is 0 Å². The van der Waals surface area contributed by atoms with E-state index in [2.05, 4.69) is 15.6 Å². The zero-order chi connectivity index (χ0) is 13.9. The molecule has 106 valence electrons. The van der Waals surface area contributed by atoms with Crippen molar-refractivity contribution < 1.29 is 14.6 Å². The second-order valence-electron chi connectivity index (χ2n) is 3.99. The number of ether oxygens (including phenoxy) is 1. The van der Waals surface area contributed by atoms with E-state index in [1.54, 1.807) is 18.3 Å². The van der Waals surface area contributed by atoms with Gasteiger partial charge in [-0.25, -0.2) is 4.98 Å². The number of aliphatic hydroxyl groups is 1. The molecule has 0 fully saturated rings. The smallest absolute Gasteiger partial charge is 0.224 e. The molecule has 0 aromatic carbocycles. The fourth-order valence-corrected chi connectivity index (χ4v) is 1.44. The van der Waals surface area contributed by atoms with Crippen molar-refractivity contribution in [3.8, 4) is 0 Å². The fraction of sp³-hybridized carbons (Fsp3) is 0.538. The Kier molecular flexibility index (Phi) is 7.53. The van der Waals surface area contributed by atoms with Gasteiger partial charge in [-0.2, -0.15) is 0 Å². The van der Waals surface area contributed by atoms with Crippen molar-refractivity contribution in [2.45, 2.75) is 19.8 Å². The molecule has 6 nitrogen and oxygen atoms in total. The molecule has 3 N–H and O–H groups in total. The Morgan fingerprint density at radius 2 is 2.26 bits per heavy atom. The summed E-state index contributed by atoms with van der Waals surface area (Å²) in [6, 6.07) is 3.60. The number of amides is 1. The molecule has 0 bridgehead atoms. The number of nitrogens with zero attached hydrogens (tertiary/aromatic N) is 1. The molecule has 1 heterocycles. The molecule has 0 atom stereocenters. The van der Waals surface area contributed by atoms with Gasteiger partial charge in [0.2, 0.25) is 5.91 Å². The lowest BCUT2D eigenvalue weighted by Crippen LogP contribution is -2.13. The summed E-state index contributed by atoms with van der Waals surface area (Å²) in [6.07, 6.45) is 2.96. The van der Waals surface area contributed by atoms with E-state index in [1.807, 2.05) is 6.92 Å². The number of anilines is 2. The number of hydrogen-bond donors (Lipinski definition) is 3. The first-order valence-electron chi connectivity index (χ1n) is 6.44. The lowest BCUT2D eigenvalue weighted by atomic mass is 10.3. The van der Waals surface area contributed by atoms with Gasteiger partial charge < -0.3 is 20.5 Å². The third-order valence-electron chi connectivity index (χ3n) is 2.31. The first-order valence-corrected chi connectivity index (χ1v) is 6.44. The first-order chi connectivity index (χ1) is 9.26. The van der Waals surface area contributed by atoms with Gasteiger partial charge in [0.1, 0.15) is 5.82 Å². The maximum atomic E-state index is 11.4. The second kappa shape index (κ2) is 9.29. The zero-order valence-corrected chi connectivity index (χ0v) is 11.2. The van der Waals surface area contributed by atoms with Crippen LogP contribution in [0.25, 0.3) is 0 Å². The van der Waals surface area contributed by atoms with E-state index < -0.39 is 0 Å². The number of rotatable bonds is 9. The highest BCUT2D eigenvalue weighted by molar-refractivity contribution is 5.90. The molecule has 0 spiro atoms. The standard InChI is InChI=1S/C13H21N3O3/c1-2-3-13(18)16-11-4-5-12(15-10-11)14-6-8-19-9-7-17/h4-5,10,17H,2-3,6-9H2,1H3,(H,14,15)(H,16,18). The van der Waals surface area contributed by atoms with Gasteiger partial charge in [0.25, 0.3) is 0 Å². The highest BCUT2D eigenvalue weighted by Crippen LogP contribution is 2.09. The topological polar surface area (TPSA) is 83.5 Å². The van der Waals surface area contributed by atoms with Gasteiger partial charge in [0, 0.05) is 13.0 Å². The number of pyridine rings is 1. The molecule has 0 radical (unpaired) electrons. The Morgan fingerprint density at radius 3 is 2.89 bits per heavy atom. The third-order valence-corrected chi connectivity index (χ3v) is 2.31. The number of hydrogen-bond acceptors (Lipinski definition) is 5. The summed E-state index contributed by atoms with van der Waals surface area (Å²) in [5, 5.41) is 14.4. The van der Waals surface area contributed by atoms with Crippen molar-refractivity contribution in [2.24, 2.45) is 0 Å². The maximum absolute atomic E-state index is 11.4. The minimum atomic E-state index is 0.00223. The Morgan fingerprint density at radius 1 is 1.42 bits per heavy atom. The molecule has 1 rings (SSSR count). The Labute approximate surface area is 113 Å². The summed E-state index contributed by atoms with van der Waals surface area (Å²) >= 11 is 0. The van der Waals surface area contributed by atoms with Gasteiger partial charge in [-0.3, -0.25) is 4.79 Å². The van der Waals surface area contributed by atoms with E-state index in [0.717, 1.165) is 12.2 Å². The first kappa shape index (κ1) is 15.4. The summed E-state index contributed by atoms with van der Waals surface area (Å²) in [6.45, 7) is 3.47. The molecule has 0 saturated carbocycles. The SMILES string of the molecule is CCCC(=O)Nc1ccc(NCCOCCO)nc1. The number of aromatic nitrogens is 1. The van der Waals surface area contributed by atoms with Crippen LogP contribution in [-0.4, -0.2) is 42.4 Å². The lowest BCUT2D eigenvalue weighted by molar-refractivity contribution is -0.116. The highest BCUT2D eigenvalue weighted by Gasteiger charge is 2.01. The minimum Gasteiger partial charge on any atom is -0.394 e. The Balaban J connectivity index is 2.29. The predicted octanol–water partition coefficient (Wildman–Crippen LogP) is 1.24. The van der Waals surface area contributed by atoms with Crippen molar-refractivity contribution in [3.63, 3.8) is 0 Å². The molecule has 19 heavy (non-hydrogen) atoms. The van der Waals surface area contributed by atoms with Crippen LogP contribution < -0.4 is 10.6 Å². The van der Waals surface area contributed by atoms with Crippen LogP contribution in [-0.2, 0) is 9.53 Å². The fourth-order valence-electron chi connectivity index (χ4n) is 1.44. The van der Waals surface area contributed by atoms with E-state index in [9.17, 15) is 4.79 Å². The number of nitrogens with one attached hydrogen (secondary N) is 2. The molecule has 0 aliphatic heterocycles. The van der Waals surface area contributed by atoms with Crippen LogP contribution in [0.1, 0.15) is 19.8 Å². The van der Waals surface area contributed by atoms with Gasteiger partial charge >= 0.3 is 0 Å². The van der Waals surface area contributed by atoms with Crippen LogP contribution in [0.3, 0.4) is 0 Å². The Hall–Kier alpha value is -1.66. The van der Waals surface area contributed by atoms with Gasteiger partial charge in [0.05, 0.1) is 31.7 Å². The quantitative estimate of drug-likeness (QED) is 0.586. The largest absolute Gasteiger partial charge is 0.394 e. The minimum absolute atomic E-state index is 0.00223. The van der Waals surface area contributed by atoms with Crippen LogP contribution >= 0.6 is 0 Å². The summed E-state index contributed by atoms with van der Waals surface area (Å²) in [7, 11) is 0. The third kappa shape index (κ3) is 6.73. The normalized spacial score (nSPS) is 10.2. The molecular weight excluding hydrogens is 246 g/mol.